The standard InChI is InChI=1S/C21H26ClNO3/c1-4-5-16-8-11-20(21(12-16)25-3)26-15-19(24)14-23(2)13-17-6-9-18(22)10-7-17/h4-12,19,24H,13-15H2,1-3H3/b5-4-/t19-/m0/s1. The van der Waals surface area contributed by atoms with E-state index < -0.39 is 6.10 Å². The zero-order chi connectivity index (χ0) is 18.9. The van der Waals surface area contributed by atoms with E-state index >= 15 is 0 Å². The maximum atomic E-state index is 10.3. The van der Waals surface area contributed by atoms with Crippen LogP contribution in [0.1, 0.15) is 18.1 Å². The lowest BCUT2D eigenvalue weighted by molar-refractivity contribution is 0.0733. The van der Waals surface area contributed by atoms with Gasteiger partial charge in [-0.2, -0.15) is 0 Å². The molecule has 5 heteroatoms. The molecule has 0 spiro atoms. The molecule has 0 aliphatic rings. The molecule has 2 rings (SSSR count). The Morgan fingerprint density at radius 2 is 1.88 bits per heavy atom. The highest BCUT2D eigenvalue weighted by Gasteiger charge is 2.12. The second-order valence-corrected chi connectivity index (χ2v) is 6.63. The quantitative estimate of drug-likeness (QED) is 0.711. The first-order valence-corrected chi connectivity index (χ1v) is 8.94. The average molecular weight is 376 g/mol. The van der Waals surface area contributed by atoms with Gasteiger partial charge < -0.3 is 14.6 Å². The molecule has 0 fully saturated rings. The van der Waals surface area contributed by atoms with Gasteiger partial charge >= 0.3 is 0 Å². The molecule has 0 unspecified atom stereocenters. The molecule has 2 aromatic carbocycles. The van der Waals surface area contributed by atoms with Gasteiger partial charge in [-0.3, -0.25) is 4.90 Å². The topological polar surface area (TPSA) is 41.9 Å². The summed E-state index contributed by atoms with van der Waals surface area (Å²) in [6.45, 7) is 3.40. The average Bonchev–Trinajstić information content (AvgIpc) is 2.62. The molecule has 0 saturated carbocycles. The van der Waals surface area contributed by atoms with Crippen LogP contribution in [0.3, 0.4) is 0 Å². The maximum absolute atomic E-state index is 10.3. The Balaban J connectivity index is 1.85. The second-order valence-electron chi connectivity index (χ2n) is 6.20. The third-order valence-corrected chi connectivity index (χ3v) is 4.12. The highest BCUT2D eigenvalue weighted by molar-refractivity contribution is 6.30. The van der Waals surface area contributed by atoms with Crippen LogP contribution in [0.25, 0.3) is 6.08 Å². The van der Waals surface area contributed by atoms with E-state index in [2.05, 4.69) is 0 Å². The number of rotatable bonds is 9. The third-order valence-electron chi connectivity index (χ3n) is 3.87. The van der Waals surface area contributed by atoms with Gasteiger partial charge in [0.1, 0.15) is 12.7 Å². The minimum atomic E-state index is -0.604. The fraction of sp³-hybridized carbons (Fsp3) is 0.333. The third kappa shape index (κ3) is 6.37. The summed E-state index contributed by atoms with van der Waals surface area (Å²) in [5.41, 5.74) is 2.19. The molecule has 4 nitrogen and oxygen atoms in total. The van der Waals surface area contributed by atoms with Crippen molar-refractivity contribution in [3.05, 3.63) is 64.7 Å². The molecular formula is C21H26ClNO3. The van der Waals surface area contributed by atoms with Gasteiger partial charge in [0, 0.05) is 18.1 Å². The van der Waals surface area contributed by atoms with Crippen molar-refractivity contribution >= 4 is 17.7 Å². The summed E-state index contributed by atoms with van der Waals surface area (Å²) in [6, 6.07) is 13.4. The summed E-state index contributed by atoms with van der Waals surface area (Å²) in [7, 11) is 3.57. The SMILES string of the molecule is C/C=C\c1ccc(OC[C@@H](O)CN(C)Cc2ccc(Cl)cc2)c(OC)c1. The van der Waals surface area contributed by atoms with Crippen LogP contribution in [0, 0.1) is 0 Å². The predicted molar refractivity (Wildman–Crippen MR) is 107 cm³/mol. The Hall–Kier alpha value is -2.01. The van der Waals surface area contributed by atoms with Crippen molar-refractivity contribution in [1.29, 1.82) is 0 Å². The molecule has 0 aromatic heterocycles. The van der Waals surface area contributed by atoms with Crippen LogP contribution in [0.4, 0.5) is 0 Å². The van der Waals surface area contributed by atoms with E-state index in [1.54, 1.807) is 7.11 Å². The zero-order valence-corrected chi connectivity index (χ0v) is 16.2. The number of benzene rings is 2. The summed E-state index contributed by atoms with van der Waals surface area (Å²) in [4.78, 5) is 2.05. The van der Waals surface area contributed by atoms with Gasteiger partial charge in [0.25, 0.3) is 0 Å². The largest absolute Gasteiger partial charge is 0.493 e. The van der Waals surface area contributed by atoms with Crippen molar-refractivity contribution in [2.24, 2.45) is 0 Å². The van der Waals surface area contributed by atoms with E-state index in [0.29, 0.717) is 18.0 Å². The van der Waals surface area contributed by atoms with Gasteiger partial charge in [-0.15, -0.1) is 0 Å². The summed E-state index contributed by atoms with van der Waals surface area (Å²) in [5, 5.41) is 11.0. The Bertz CT molecular complexity index is 716. The number of hydrogen-bond donors (Lipinski definition) is 1. The fourth-order valence-electron chi connectivity index (χ4n) is 2.66. The number of methoxy groups -OCH3 is 1. The van der Waals surface area contributed by atoms with Crippen LogP contribution in [-0.4, -0.2) is 43.4 Å². The van der Waals surface area contributed by atoms with Crippen molar-refractivity contribution in [1.82, 2.24) is 4.90 Å². The number of hydrogen-bond acceptors (Lipinski definition) is 4. The molecule has 0 amide bonds. The molecule has 0 aliphatic heterocycles. The highest BCUT2D eigenvalue weighted by atomic mass is 35.5. The van der Waals surface area contributed by atoms with Crippen LogP contribution >= 0.6 is 11.6 Å². The van der Waals surface area contributed by atoms with Crippen molar-refractivity contribution in [3.63, 3.8) is 0 Å². The second kappa shape index (κ2) is 10.2. The van der Waals surface area contributed by atoms with E-state index in [-0.39, 0.29) is 6.61 Å². The van der Waals surface area contributed by atoms with Crippen LogP contribution in [0.2, 0.25) is 5.02 Å². The van der Waals surface area contributed by atoms with Gasteiger partial charge in [-0.05, 0) is 49.4 Å². The van der Waals surface area contributed by atoms with Crippen molar-refractivity contribution < 1.29 is 14.6 Å². The highest BCUT2D eigenvalue weighted by Crippen LogP contribution is 2.28. The summed E-state index contributed by atoms with van der Waals surface area (Å²) in [5.74, 6) is 1.28. The van der Waals surface area contributed by atoms with Gasteiger partial charge in [0.05, 0.1) is 7.11 Å². The van der Waals surface area contributed by atoms with E-state index in [9.17, 15) is 5.11 Å². The smallest absolute Gasteiger partial charge is 0.161 e. The molecule has 1 N–H and O–H groups in total. The van der Waals surface area contributed by atoms with Crippen LogP contribution in [-0.2, 0) is 6.54 Å². The normalized spacial score (nSPS) is 12.5. The molecule has 0 bridgehead atoms. The zero-order valence-electron chi connectivity index (χ0n) is 15.5. The first-order valence-electron chi connectivity index (χ1n) is 8.56. The van der Waals surface area contributed by atoms with E-state index in [0.717, 1.165) is 22.7 Å². The molecule has 0 radical (unpaired) electrons. The molecular weight excluding hydrogens is 350 g/mol. The molecule has 2 aromatic rings. The predicted octanol–water partition coefficient (Wildman–Crippen LogP) is 4.25. The molecule has 0 aliphatic carbocycles. The molecule has 0 heterocycles. The monoisotopic (exact) mass is 375 g/mol. The van der Waals surface area contributed by atoms with Gasteiger partial charge in [-0.1, -0.05) is 42.0 Å². The molecule has 0 saturated heterocycles. The summed E-state index contributed by atoms with van der Waals surface area (Å²) in [6.07, 6.45) is 3.36. The molecule has 26 heavy (non-hydrogen) atoms. The Morgan fingerprint density at radius 1 is 1.15 bits per heavy atom. The van der Waals surface area contributed by atoms with E-state index in [1.807, 2.05) is 73.5 Å². The van der Waals surface area contributed by atoms with Crippen molar-refractivity contribution in [2.75, 3.05) is 27.3 Å². The van der Waals surface area contributed by atoms with Gasteiger partial charge in [-0.25, -0.2) is 0 Å². The minimum Gasteiger partial charge on any atom is -0.493 e. The lowest BCUT2D eigenvalue weighted by atomic mass is 10.2. The fourth-order valence-corrected chi connectivity index (χ4v) is 2.79. The van der Waals surface area contributed by atoms with Crippen molar-refractivity contribution in [3.8, 4) is 11.5 Å². The first kappa shape index (κ1) is 20.3. The summed E-state index contributed by atoms with van der Waals surface area (Å²) < 4.78 is 11.1. The molecule has 1 atom stereocenters. The van der Waals surface area contributed by atoms with Crippen molar-refractivity contribution in [2.45, 2.75) is 19.6 Å². The number of nitrogens with zero attached hydrogens (tertiary/aromatic N) is 1. The lowest BCUT2D eigenvalue weighted by Gasteiger charge is -2.21. The number of halogens is 1. The number of likely N-dealkylation sites (N-methyl/N-ethyl adjacent to an activating group) is 1. The van der Waals surface area contributed by atoms with Crippen LogP contribution in [0.5, 0.6) is 11.5 Å². The van der Waals surface area contributed by atoms with E-state index in [4.69, 9.17) is 21.1 Å². The first-order chi connectivity index (χ1) is 12.5. The van der Waals surface area contributed by atoms with Gasteiger partial charge in [0.2, 0.25) is 0 Å². The number of allylic oxidation sites excluding steroid dienone is 1. The number of aliphatic hydroxyl groups is 1. The Morgan fingerprint density at radius 3 is 2.54 bits per heavy atom. The Labute approximate surface area is 160 Å². The lowest BCUT2D eigenvalue weighted by Crippen LogP contribution is -2.32. The summed E-state index contributed by atoms with van der Waals surface area (Å²) >= 11 is 5.90. The maximum Gasteiger partial charge on any atom is 0.161 e. The number of aliphatic hydroxyl groups excluding tert-OH is 1. The number of ether oxygens (including phenoxy) is 2. The Kier molecular flexibility index (Phi) is 7.98. The van der Waals surface area contributed by atoms with Crippen LogP contribution in [0.15, 0.2) is 48.5 Å². The van der Waals surface area contributed by atoms with Gasteiger partial charge in [0.15, 0.2) is 11.5 Å². The van der Waals surface area contributed by atoms with E-state index in [1.165, 1.54) is 0 Å². The van der Waals surface area contributed by atoms with Crippen LogP contribution < -0.4 is 9.47 Å². The minimum absolute atomic E-state index is 0.199. The molecule has 140 valence electrons.